The van der Waals surface area contributed by atoms with Gasteiger partial charge in [-0.3, -0.25) is 18.8 Å². The highest BCUT2D eigenvalue weighted by atomic mass is 16.7. The average Bonchev–Trinajstić information content (AvgIpc) is 3.58. The zero-order valence-electron chi connectivity index (χ0n) is 29.0. The number of ether oxygens (including phenoxy) is 4. The number of amides is 1. The molecule has 50 heavy (non-hydrogen) atoms. The number of aromatic nitrogens is 4. The molecule has 1 amide bonds. The largest absolute Gasteiger partial charge is 0.459 e. The summed E-state index contributed by atoms with van der Waals surface area (Å²) in [4.78, 5) is 46.0. The minimum Gasteiger partial charge on any atom is -0.459 e. The third kappa shape index (κ3) is 7.22. The summed E-state index contributed by atoms with van der Waals surface area (Å²) < 4.78 is 29.0. The van der Waals surface area contributed by atoms with E-state index in [4.69, 9.17) is 24.1 Å². The Morgan fingerprint density at radius 3 is 2.40 bits per heavy atom. The van der Waals surface area contributed by atoms with Crippen molar-refractivity contribution in [2.24, 2.45) is 13.0 Å². The molecule has 2 aromatic carbocycles. The maximum Gasteiger partial charge on any atom is 0.326 e. The molecular formula is C37H47N5O8. The maximum absolute atomic E-state index is 14.3. The number of H-pyrrole nitrogens is 1. The number of aromatic amines is 1. The molecule has 0 radical (unpaired) electrons. The number of allylic oxidation sites excluding steroid dienone is 1. The van der Waals surface area contributed by atoms with Crippen LogP contribution in [0.4, 0.5) is 0 Å². The second kappa shape index (κ2) is 16.1. The lowest BCUT2D eigenvalue weighted by Gasteiger charge is -2.38. The van der Waals surface area contributed by atoms with Gasteiger partial charge in [0.25, 0.3) is 11.5 Å². The number of para-hydroxylation sites is 3. The number of likely N-dealkylation sites (tertiary alicyclic amines) is 1. The summed E-state index contributed by atoms with van der Waals surface area (Å²) in [5.74, 6) is -0.946. The van der Waals surface area contributed by atoms with Gasteiger partial charge in [0.1, 0.15) is 0 Å². The standard InChI is InChI=1S/C37H47N5O8/c1-4-49-36-28(16-20-47-22-23-48-21-19-43)29(33-25(2)39(3)42(35(33)45)27-10-6-5-7-11-27)24-32(50-36)34(44)40-17-14-26(15-18-40)41-31-13-9-8-12-30(31)38-37(41)46/h5-13,24,26,28-29,36,43H,4,14-23H2,1-3H3,(H,38,46)/t28-,29+,36-/m1/s1. The van der Waals surface area contributed by atoms with E-state index in [1.165, 1.54) is 0 Å². The van der Waals surface area contributed by atoms with Crippen LogP contribution in [0.3, 0.4) is 0 Å². The van der Waals surface area contributed by atoms with E-state index in [2.05, 4.69) is 4.98 Å². The summed E-state index contributed by atoms with van der Waals surface area (Å²) in [6.45, 7) is 6.28. The van der Waals surface area contributed by atoms with Crippen LogP contribution in [0.15, 0.2) is 76.0 Å². The smallest absolute Gasteiger partial charge is 0.326 e. The Hall–Kier alpha value is -4.43. The van der Waals surface area contributed by atoms with Crippen LogP contribution in [-0.4, -0.2) is 93.8 Å². The van der Waals surface area contributed by atoms with Gasteiger partial charge >= 0.3 is 5.69 Å². The van der Waals surface area contributed by atoms with Gasteiger partial charge in [-0.05, 0) is 63.5 Å². The van der Waals surface area contributed by atoms with Gasteiger partial charge in [-0.25, -0.2) is 9.48 Å². The van der Waals surface area contributed by atoms with Gasteiger partial charge in [-0.15, -0.1) is 0 Å². The fourth-order valence-electron chi connectivity index (χ4n) is 7.26. The number of imidazole rings is 1. The SMILES string of the molecule is CCO[C@@H]1OC(C(=O)N2CCC(n3c(=O)[nH]c4ccccc43)CC2)=C[C@H](c2c(C)n(C)n(-c3ccccc3)c2=O)[C@H]1CCOCCOCCO. The van der Waals surface area contributed by atoms with Gasteiger partial charge in [-0.1, -0.05) is 30.3 Å². The van der Waals surface area contributed by atoms with Gasteiger partial charge in [0.05, 0.1) is 43.1 Å². The van der Waals surface area contributed by atoms with Gasteiger partial charge in [0, 0.05) is 62.5 Å². The van der Waals surface area contributed by atoms with Crippen LogP contribution in [-0.2, 0) is 30.8 Å². The van der Waals surface area contributed by atoms with E-state index < -0.39 is 12.2 Å². The highest BCUT2D eigenvalue weighted by Gasteiger charge is 2.42. The number of nitrogens with one attached hydrogen (secondary N) is 1. The fraction of sp³-hybridized carbons (Fsp3) is 0.486. The van der Waals surface area contributed by atoms with E-state index in [1.54, 1.807) is 20.2 Å². The van der Waals surface area contributed by atoms with Crippen LogP contribution < -0.4 is 11.2 Å². The second-order valence-corrected chi connectivity index (χ2v) is 12.7. The maximum atomic E-state index is 14.3. The van der Waals surface area contributed by atoms with Crippen molar-refractivity contribution in [1.29, 1.82) is 0 Å². The molecule has 0 bridgehead atoms. The topological polar surface area (TPSA) is 142 Å². The van der Waals surface area contributed by atoms with Gasteiger partial charge in [0.15, 0.2) is 5.76 Å². The first kappa shape index (κ1) is 35.4. The molecule has 2 N–H and O–H groups in total. The molecule has 13 nitrogen and oxygen atoms in total. The van der Waals surface area contributed by atoms with Crippen LogP contribution in [0.25, 0.3) is 16.7 Å². The third-order valence-corrected chi connectivity index (χ3v) is 9.80. The van der Waals surface area contributed by atoms with Crippen molar-refractivity contribution < 1.29 is 28.8 Å². The number of aliphatic hydroxyl groups excluding tert-OH is 1. The predicted octanol–water partition coefficient (Wildman–Crippen LogP) is 3.38. The minimum absolute atomic E-state index is 0.0466. The molecule has 0 saturated carbocycles. The van der Waals surface area contributed by atoms with E-state index >= 15 is 0 Å². The number of rotatable bonds is 14. The zero-order valence-corrected chi connectivity index (χ0v) is 29.0. The van der Waals surface area contributed by atoms with Crippen molar-refractivity contribution in [2.45, 2.75) is 51.4 Å². The van der Waals surface area contributed by atoms with Crippen molar-refractivity contribution >= 4 is 16.9 Å². The van der Waals surface area contributed by atoms with E-state index in [0.717, 1.165) is 22.4 Å². The Morgan fingerprint density at radius 1 is 0.980 bits per heavy atom. The number of benzene rings is 2. The summed E-state index contributed by atoms with van der Waals surface area (Å²) in [6, 6.07) is 17.1. The van der Waals surface area contributed by atoms with E-state index in [-0.39, 0.29) is 48.1 Å². The number of hydrogen-bond acceptors (Lipinski definition) is 8. The lowest BCUT2D eigenvalue weighted by atomic mass is 9.81. The number of piperidine rings is 1. The Labute approximate surface area is 290 Å². The molecule has 0 aliphatic carbocycles. The number of hydrogen-bond donors (Lipinski definition) is 2. The Kier molecular flexibility index (Phi) is 11.4. The molecule has 1 saturated heterocycles. The highest BCUT2D eigenvalue weighted by molar-refractivity contribution is 5.92. The molecule has 3 atom stereocenters. The Bertz CT molecular complexity index is 1900. The number of aliphatic hydroxyl groups is 1. The third-order valence-electron chi connectivity index (χ3n) is 9.80. The minimum atomic E-state index is -0.797. The van der Waals surface area contributed by atoms with Crippen LogP contribution in [0, 0.1) is 12.8 Å². The summed E-state index contributed by atoms with van der Waals surface area (Å²) in [5, 5.41) is 8.97. The summed E-state index contributed by atoms with van der Waals surface area (Å²) in [6.07, 6.45) is 2.72. The molecule has 0 unspecified atom stereocenters. The molecule has 1 fully saturated rings. The molecule has 13 heteroatoms. The molecule has 2 aliphatic heterocycles. The molecule has 268 valence electrons. The molecule has 2 aromatic heterocycles. The van der Waals surface area contributed by atoms with Crippen LogP contribution in [0.1, 0.15) is 49.4 Å². The molecular weight excluding hydrogens is 642 g/mol. The fourth-order valence-corrected chi connectivity index (χ4v) is 7.26. The normalized spacial score (nSPS) is 19.9. The van der Waals surface area contributed by atoms with Crippen LogP contribution in [0.2, 0.25) is 0 Å². The van der Waals surface area contributed by atoms with E-state index in [1.807, 2.05) is 80.2 Å². The Morgan fingerprint density at radius 2 is 1.68 bits per heavy atom. The number of carbonyl (C=O) groups excluding carboxylic acids is 1. The second-order valence-electron chi connectivity index (χ2n) is 12.7. The van der Waals surface area contributed by atoms with Crippen LogP contribution in [0.5, 0.6) is 0 Å². The number of carbonyl (C=O) groups is 1. The predicted molar refractivity (Wildman–Crippen MR) is 187 cm³/mol. The quantitative estimate of drug-likeness (QED) is 0.192. The van der Waals surface area contributed by atoms with E-state index in [0.29, 0.717) is 64.3 Å². The van der Waals surface area contributed by atoms with Gasteiger partial charge in [0.2, 0.25) is 6.29 Å². The number of nitrogens with zero attached hydrogens (tertiary/aromatic N) is 4. The lowest BCUT2D eigenvalue weighted by Crippen LogP contribution is -2.44. The lowest BCUT2D eigenvalue weighted by molar-refractivity contribution is -0.172. The van der Waals surface area contributed by atoms with Crippen molar-refractivity contribution in [3.8, 4) is 5.69 Å². The highest BCUT2D eigenvalue weighted by Crippen LogP contribution is 2.40. The first-order valence-corrected chi connectivity index (χ1v) is 17.4. The average molecular weight is 690 g/mol. The zero-order chi connectivity index (χ0) is 35.2. The molecule has 6 rings (SSSR count). The van der Waals surface area contributed by atoms with E-state index in [9.17, 15) is 14.4 Å². The van der Waals surface area contributed by atoms with Gasteiger partial charge in [-0.2, -0.15) is 0 Å². The first-order chi connectivity index (χ1) is 24.3. The molecule has 0 spiro atoms. The summed E-state index contributed by atoms with van der Waals surface area (Å²) in [7, 11) is 1.86. The van der Waals surface area contributed by atoms with Crippen molar-refractivity contribution in [1.82, 2.24) is 23.8 Å². The summed E-state index contributed by atoms with van der Waals surface area (Å²) in [5.41, 5.74) is 3.42. The van der Waals surface area contributed by atoms with Crippen LogP contribution >= 0.6 is 0 Å². The van der Waals surface area contributed by atoms with Crippen molar-refractivity contribution in [3.05, 3.63) is 98.5 Å². The monoisotopic (exact) mass is 689 g/mol. The first-order valence-electron chi connectivity index (χ1n) is 17.4. The van der Waals surface area contributed by atoms with Crippen molar-refractivity contribution in [3.63, 3.8) is 0 Å². The molecule has 4 heterocycles. The molecule has 4 aromatic rings. The van der Waals surface area contributed by atoms with Crippen molar-refractivity contribution in [2.75, 3.05) is 52.7 Å². The Balaban J connectivity index is 1.28. The molecule has 2 aliphatic rings. The van der Waals surface area contributed by atoms with Gasteiger partial charge < -0.3 is 33.9 Å². The number of fused-ring (bicyclic) bond motifs is 1. The summed E-state index contributed by atoms with van der Waals surface area (Å²) >= 11 is 0.